The average molecular weight is 284 g/mol. The van der Waals surface area contributed by atoms with Crippen LogP contribution in [-0.4, -0.2) is 67.1 Å². The summed E-state index contributed by atoms with van der Waals surface area (Å²) in [6, 6.07) is 0.581. The van der Waals surface area contributed by atoms with Gasteiger partial charge in [0.15, 0.2) is 0 Å². The van der Waals surface area contributed by atoms with Crippen LogP contribution in [0.2, 0.25) is 0 Å². The lowest BCUT2D eigenvalue weighted by molar-refractivity contribution is -0.0528. The molecule has 0 amide bonds. The monoisotopic (exact) mass is 284 g/mol. The van der Waals surface area contributed by atoms with E-state index in [2.05, 4.69) is 37.5 Å². The summed E-state index contributed by atoms with van der Waals surface area (Å²) in [5, 5.41) is 7.39. The number of nitrogens with two attached hydrogens (primary N) is 1. The molecule has 1 saturated heterocycles. The summed E-state index contributed by atoms with van der Waals surface area (Å²) in [5.41, 5.74) is 5.48. The van der Waals surface area contributed by atoms with Gasteiger partial charge in [0.05, 0.1) is 18.5 Å². The fraction of sp³-hybridized carbons (Fsp3) is 0.933. The third kappa shape index (κ3) is 6.68. The molecule has 20 heavy (non-hydrogen) atoms. The number of morpholine rings is 1. The third-order valence-electron chi connectivity index (χ3n) is 3.68. The SMILES string of the molecule is CC(C)CN(CCC(=N)N)CC1CN(C(C)C)CCO1. The molecule has 0 bridgehead atoms. The molecule has 1 rings (SSSR count). The molecule has 3 N–H and O–H groups in total. The first kappa shape index (κ1) is 17.4. The highest BCUT2D eigenvalue weighted by Crippen LogP contribution is 2.11. The van der Waals surface area contributed by atoms with Crippen molar-refractivity contribution in [3.05, 3.63) is 0 Å². The molecular formula is C15H32N4O. The van der Waals surface area contributed by atoms with Gasteiger partial charge in [-0.1, -0.05) is 13.8 Å². The van der Waals surface area contributed by atoms with Crippen LogP contribution in [0.1, 0.15) is 34.1 Å². The fourth-order valence-electron chi connectivity index (χ4n) is 2.66. The van der Waals surface area contributed by atoms with Crippen molar-refractivity contribution >= 4 is 5.84 Å². The van der Waals surface area contributed by atoms with Gasteiger partial charge >= 0.3 is 0 Å². The standard InChI is InChI=1S/C15H32N4O/c1-12(2)9-18(6-5-15(16)17)10-14-11-19(13(3)4)7-8-20-14/h12-14H,5-11H2,1-4H3,(H3,16,17). The van der Waals surface area contributed by atoms with Crippen LogP contribution in [0.25, 0.3) is 0 Å². The zero-order valence-corrected chi connectivity index (χ0v) is 13.6. The Kier molecular flexibility index (Phi) is 7.48. The van der Waals surface area contributed by atoms with Crippen molar-refractivity contribution < 1.29 is 4.74 Å². The Balaban J connectivity index is 2.47. The predicted octanol–water partition coefficient (Wildman–Crippen LogP) is 1.38. The molecule has 1 unspecified atom stereocenters. The first-order chi connectivity index (χ1) is 9.38. The van der Waals surface area contributed by atoms with Crippen LogP contribution >= 0.6 is 0 Å². The van der Waals surface area contributed by atoms with Crippen molar-refractivity contribution in [1.29, 1.82) is 5.41 Å². The minimum Gasteiger partial charge on any atom is -0.388 e. The molecule has 0 aromatic carbocycles. The number of rotatable bonds is 8. The highest BCUT2D eigenvalue weighted by Gasteiger charge is 2.24. The van der Waals surface area contributed by atoms with Crippen LogP contribution in [0, 0.1) is 11.3 Å². The van der Waals surface area contributed by atoms with Crippen LogP contribution in [0.3, 0.4) is 0 Å². The predicted molar refractivity (Wildman–Crippen MR) is 84.3 cm³/mol. The van der Waals surface area contributed by atoms with E-state index in [1.807, 2.05) is 0 Å². The van der Waals surface area contributed by atoms with Gasteiger partial charge in [-0.2, -0.15) is 0 Å². The Morgan fingerprint density at radius 3 is 2.65 bits per heavy atom. The number of nitrogens with zero attached hydrogens (tertiary/aromatic N) is 2. The molecule has 0 aromatic heterocycles. The summed E-state index contributed by atoms with van der Waals surface area (Å²) in [7, 11) is 0. The minimum atomic E-state index is 0.270. The Hall–Kier alpha value is -0.650. The van der Waals surface area contributed by atoms with Crippen molar-refractivity contribution in [1.82, 2.24) is 9.80 Å². The average Bonchev–Trinajstić information content (AvgIpc) is 2.35. The molecule has 1 heterocycles. The van der Waals surface area contributed by atoms with Crippen molar-refractivity contribution in [3.8, 4) is 0 Å². The van der Waals surface area contributed by atoms with Gasteiger partial charge in [0.1, 0.15) is 0 Å². The Morgan fingerprint density at radius 1 is 1.40 bits per heavy atom. The molecule has 0 aliphatic carbocycles. The summed E-state index contributed by atoms with van der Waals surface area (Å²) in [5.74, 6) is 0.888. The zero-order valence-electron chi connectivity index (χ0n) is 13.6. The lowest BCUT2D eigenvalue weighted by Gasteiger charge is -2.38. The number of hydrogen-bond acceptors (Lipinski definition) is 4. The maximum Gasteiger partial charge on any atom is 0.0918 e. The molecule has 5 heteroatoms. The number of nitrogens with one attached hydrogen (secondary N) is 1. The van der Waals surface area contributed by atoms with E-state index in [4.69, 9.17) is 15.9 Å². The van der Waals surface area contributed by atoms with E-state index < -0.39 is 0 Å². The van der Waals surface area contributed by atoms with E-state index in [1.165, 1.54) is 0 Å². The van der Waals surface area contributed by atoms with E-state index in [0.717, 1.165) is 39.3 Å². The summed E-state index contributed by atoms with van der Waals surface area (Å²) < 4.78 is 5.91. The number of ether oxygens (including phenoxy) is 1. The van der Waals surface area contributed by atoms with Gasteiger partial charge in [0.2, 0.25) is 0 Å². The Labute approximate surface area is 124 Å². The summed E-state index contributed by atoms with van der Waals surface area (Å²) in [6.45, 7) is 14.6. The Morgan fingerprint density at radius 2 is 2.10 bits per heavy atom. The molecule has 0 saturated carbocycles. The van der Waals surface area contributed by atoms with E-state index in [0.29, 0.717) is 18.4 Å². The smallest absolute Gasteiger partial charge is 0.0918 e. The first-order valence-corrected chi connectivity index (χ1v) is 7.79. The highest BCUT2D eigenvalue weighted by atomic mass is 16.5. The number of hydrogen-bond donors (Lipinski definition) is 2. The fourth-order valence-corrected chi connectivity index (χ4v) is 2.66. The topological polar surface area (TPSA) is 65.6 Å². The largest absolute Gasteiger partial charge is 0.388 e. The van der Waals surface area contributed by atoms with Gasteiger partial charge in [-0.15, -0.1) is 0 Å². The molecule has 0 spiro atoms. The van der Waals surface area contributed by atoms with Crippen molar-refractivity contribution in [3.63, 3.8) is 0 Å². The molecule has 1 atom stereocenters. The third-order valence-corrected chi connectivity index (χ3v) is 3.68. The van der Waals surface area contributed by atoms with Crippen LogP contribution < -0.4 is 5.73 Å². The summed E-state index contributed by atoms with van der Waals surface area (Å²) in [4.78, 5) is 4.87. The first-order valence-electron chi connectivity index (χ1n) is 7.79. The molecule has 118 valence electrons. The van der Waals surface area contributed by atoms with Gasteiger partial charge in [-0.25, -0.2) is 0 Å². The van der Waals surface area contributed by atoms with Crippen LogP contribution in [0.5, 0.6) is 0 Å². The van der Waals surface area contributed by atoms with E-state index in [1.54, 1.807) is 0 Å². The van der Waals surface area contributed by atoms with Gasteiger partial charge in [-0.3, -0.25) is 10.3 Å². The summed E-state index contributed by atoms with van der Waals surface area (Å²) in [6.07, 6.45) is 0.921. The lowest BCUT2D eigenvalue weighted by atomic mass is 10.1. The second-order valence-corrected chi connectivity index (χ2v) is 6.51. The van der Waals surface area contributed by atoms with E-state index in [-0.39, 0.29) is 11.9 Å². The molecular weight excluding hydrogens is 252 g/mol. The van der Waals surface area contributed by atoms with Crippen LogP contribution in [-0.2, 0) is 4.74 Å². The molecule has 0 radical (unpaired) electrons. The molecule has 1 aliphatic rings. The summed E-state index contributed by atoms with van der Waals surface area (Å²) >= 11 is 0. The molecule has 5 nitrogen and oxygen atoms in total. The molecule has 0 aromatic rings. The second-order valence-electron chi connectivity index (χ2n) is 6.51. The quantitative estimate of drug-likeness (QED) is 0.522. The van der Waals surface area contributed by atoms with Crippen LogP contribution in [0.4, 0.5) is 0 Å². The maximum atomic E-state index is 7.39. The molecule has 1 aliphatic heterocycles. The van der Waals surface area contributed by atoms with E-state index >= 15 is 0 Å². The van der Waals surface area contributed by atoms with Crippen molar-refractivity contribution in [2.24, 2.45) is 11.7 Å². The van der Waals surface area contributed by atoms with E-state index in [9.17, 15) is 0 Å². The van der Waals surface area contributed by atoms with Gasteiger partial charge in [-0.05, 0) is 19.8 Å². The van der Waals surface area contributed by atoms with Crippen molar-refractivity contribution in [2.75, 3.05) is 39.3 Å². The second kappa shape index (κ2) is 8.60. The maximum absolute atomic E-state index is 7.39. The van der Waals surface area contributed by atoms with Crippen LogP contribution in [0.15, 0.2) is 0 Å². The van der Waals surface area contributed by atoms with Gasteiger partial charge in [0.25, 0.3) is 0 Å². The zero-order chi connectivity index (χ0) is 15.1. The molecule has 1 fully saturated rings. The minimum absolute atomic E-state index is 0.270. The highest BCUT2D eigenvalue weighted by molar-refractivity contribution is 5.76. The van der Waals surface area contributed by atoms with Crippen molar-refractivity contribution in [2.45, 2.75) is 46.3 Å². The normalized spacial score (nSPS) is 21.1. The number of amidine groups is 1. The Bertz CT molecular complexity index is 294. The van der Waals surface area contributed by atoms with Gasteiger partial charge in [0, 0.05) is 45.2 Å². The lowest BCUT2D eigenvalue weighted by Crippen LogP contribution is -2.50. The van der Waals surface area contributed by atoms with Gasteiger partial charge < -0.3 is 15.4 Å².